The molecule has 2 rings (SSSR count). The molecule has 1 heterocycles. The largest absolute Gasteiger partial charge is 0.334 e. The highest BCUT2D eigenvalue weighted by Crippen LogP contribution is 2.13. The van der Waals surface area contributed by atoms with Gasteiger partial charge >= 0.3 is 6.03 Å². The third kappa shape index (κ3) is 4.65. The number of amides is 2. The quantitative estimate of drug-likeness (QED) is 0.842. The van der Waals surface area contributed by atoms with Crippen LogP contribution in [0.1, 0.15) is 5.56 Å². The Labute approximate surface area is 127 Å². The smallest absolute Gasteiger partial charge is 0.320 e. The summed E-state index contributed by atoms with van der Waals surface area (Å²) >= 11 is 6.68. The SMILES string of the molecule is O=C(NCc1ccc(Br)cc1)Nc1cc(Br)ccn1. The van der Waals surface area contributed by atoms with Crippen LogP contribution in [0.2, 0.25) is 0 Å². The van der Waals surface area contributed by atoms with E-state index in [1.807, 2.05) is 24.3 Å². The average molecular weight is 385 g/mol. The normalized spacial score (nSPS) is 10.0. The number of nitrogens with zero attached hydrogens (tertiary/aromatic N) is 1. The summed E-state index contributed by atoms with van der Waals surface area (Å²) in [5.74, 6) is 0.502. The van der Waals surface area contributed by atoms with Crippen LogP contribution >= 0.6 is 31.9 Å². The molecule has 98 valence electrons. The predicted octanol–water partition coefficient (Wildman–Crippen LogP) is 3.93. The Balaban J connectivity index is 1.86. The van der Waals surface area contributed by atoms with E-state index < -0.39 is 0 Å². The first kappa shape index (κ1) is 14.0. The number of pyridine rings is 1. The second-order valence-electron chi connectivity index (χ2n) is 3.79. The molecule has 0 spiro atoms. The topological polar surface area (TPSA) is 54.0 Å². The summed E-state index contributed by atoms with van der Waals surface area (Å²) in [7, 11) is 0. The van der Waals surface area contributed by atoms with Crippen molar-refractivity contribution in [3.05, 3.63) is 57.1 Å². The molecule has 2 N–H and O–H groups in total. The van der Waals surface area contributed by atoms with Crippen LogP contribution in [0.15, 0.2) is 51.5 Å². The number of halogens is 2. The Hall–Kier alpha value is -1.40. The van der Waals surface area contributed by atoms with Crippen molar-refractivity contribution in [3.8, 4) is 0 Å². The minimum absolute atomic E-state index is 0.284. The maximum Gasteiger partial charge on any atom is 0.320 e. The monoisotopic (exact) mass is 383 g/mol. The fourth-order valence-electron chi connectivity index (χ4n) is 1.42. The number of nitrogens with one attached hydrogen (secondary N) is 2. The minimum atomic E-state index is -0.284. The Bertz CT molecular complexity index is 572. The fourth-order valence-corrected chi connectivity index (χ4v) is 2.02. The van der Waals surface area contributed by atoms with Crippen molar-refractivity contribution >= 4 is 43.7 Å². The molecule has 0 aliphatic heterocycles. The number of anilines is 1. The van der Waals surface area contributed by atoms with Gasteiger partial charge in [0.1, 0.15) is 5.82 Å². The Kier molecular flexibility index (Phi) is 4.93. The van der Waals surface area contributed by atoms with Gasteiger partial charge in [0.25, 0.3) is 0 Å². The summed E-state index contributed by atoms with van der Waals surface area (Å²) in [5.41, 5.74) is 1.03. The van der Waals surface area contributed by atoms with Crippen molar-refractivity contribution < 1.29 is 4.79 Å². The lowest BCUT2D eigenvalue weighted by atomic mass is 10.2. The standard InChI is InChI=1S/C13H11Br2N3O/c14-10-3-1-9(2-4-10)8-17-13(19)18-12-7-11(15)5-6-16-12/h1-7H,8H2,(H2,16,17,18,19). The summed E-state index contributed by atoms with van der Waals surface area (Å²) in [6.45, 7) is 0.465. The first-order valence-electron chi connectivity index (χ1n) is 5.54. The summed E-state index contributed by atoms with van der Waals surface area (Å²) in [6, 6.07) is 11.0. The Morgan fingerprint density at radius 2 is 1.84 bits per heavy atom. The van der Waals surface area contributed by atoms with E-state index in [9.17, 15) is 4.79 Å². The number of carbonyl (C=O) groups excluding carboxylic acids is 1. The highest BCUT2D eigenvalue weighted by atomic mass is 79.9. The first-order chi connectivity index (χ1) is 9.13. The van der Waals surface area contributed by atoms with Crippen LogP contribution in [0.4, 0.5) is 10.6 Å². The predicted molar refractivity (Wildman–Crippen MR) is 81.9 cm³/mol. The molecule has 0 aliphatic carbocycles. The van der Waals surface area contributed by atoms with Crippen LogP contribution in [0.5, 0.6) is 0 Å². The zero-order chi connectivity index (χ0) is 13.7. The van der Waals surface area contributed by atoms with Crippen LogP contribution in [0.25, 0.3) is 0 Å². The minimum Gasteiger partial charge on any atom is -0.334 e. The van der Waals surface area contributed by atoms with E-state index in [2.05, 4.69) is 47.5 Å². The molecule has 1 aromatic carbocycles. The molecular weight excluding hydrogens is 374 g/mol. The summed E-state index contributed by atoms with van der Waals surface area (Å²) in [6.07, 6.45) is 1.62. The van der Waals surface area contributed by atoms with E-state index in [0.29, 0.717) is 12.4 Å². The van der Waals surface area contributed by atoms with Gasteiger partial charge in [-0.25, -0.2) is 9.78 Å². The number of benzene rings is 1. The van der Waals surface area contributed by atoms with Crippen molar-refractivity contribution in [1.82, 2.24) is 10.3 Å². The molecule has 0 atom stereocenters. The van der Waals surface area contributed by atoms with E-state index in [0.717, 1.165) is 14.5 Å². The van der Waals surface area contributed by atoms with Gasteiger partial charge in [-0.3, -0.25) is 5.32 Å². The molecule has 0 bridgehead atoms. The lowest BCUT2D eigenvalue weighted by Crippen LogP contribution is -2.28. The van der Waals surface area contributed by atoms with Crippen molar-refractivity contribution in [2.75, 3.05) is 5.32 Å². The zero-order valence-corrected chi connectivity index (χ0v) is 13.0. The summed E-state index contributed by atoms with van der Waals surface area (Å²) < 4.78 is 1.88. The molecule has 0 fully saturated rings. The van der Waals surface area contributed by atoms with Gasteiger partial charge in [-0.15, -0.1) is 0 Å². The molecule has 0 radical (unpaired) electrons. The van der Waals surface area contributed by atoms with Gasteiger partial charge in [0, 0.05) is 21.7 Å². The maximum atomic E-state index is 11.7. The van der Waals surface area contributed by atoms with E-state index in [-0.39, 0.29) is 6.03 Å². The number of aromatic nitrogens is 1. The molecular formula is C13H11Br2N3O. The van der Waals surface area contributed by atoms with Gasteiger partial charge in [0.15, 0.2) is 0 Å². The van der Waals surface area contributed by atoms with E-state index in [4.69, 9.17) is 0 Å². The van der Waals surface area contributed by atoms with Gasteiger partial charge in [0.05, 0.1) is 0 Å². The summed E-state index contributed by atoms with van der Waals surface area (Å²) in [5, 5.41) is 5.43. The molecule has 6 heteroatoms. The van der Waals surface area contributed by atoms with Gasteiger partial charge in [-0.2, -0.15) is 0 Å². The zero-order valence-electron chi connectivity index (χ0n) is 9.86. The van der Waals surface area contributed by atoms with Gasteiger partial charge < -0.3 is 5.32 Å². The molecule has 19 heavy (non-hydrogen) atoms. The molecule has 4 nitrogen and oxygen atoms in total. The van der Waals surface area contributed by atoms with Crippen molar-refractivity contribution in [3.63, 3.8) is 0 Å². The van der Waals surface area contributed by atoms with Crippen molar-refractivity contribution in [1.29, 1.82) is 0 Å². The van der Waals surface area contributed by atoms with Crippen LogP contribution in [-0.4, -0.2) is 11.0 Å². The van der Waals surface area contributed by atoms with Crippen LogP contribution < -0.4 is 10.6 Å². The number of hydrogen-bond donors (Lipinski definition) is 2. The highest BCUT2D eigenvalue weighted by Gasteiger charge is 2.02. The fraction of sp³-hybridized carbons (Fsp3) is 0.0769. The number of rotatable bonds is 3. The highest BCUT2D eigenvalue weighted by molar-refractivity contribution is 9.10. The second-order valence-corrected chi connectivity index (χ2v) is 5.62. The third-order valence-corrected chi connectivity index (χ3v) is 3.35. The molecule has 2 amide bonds. The van der Waals surface area contributed by atoms with Crippen LogP contribution in [-0.2, 0) is 6.54 Å². The molecule has 2 aromatic rings. The number of carbonyl (C=O) groups is 1. The van der Waals surface area contributed by atoms with Crippen molar-refractivity contribution in [2.45, 2.75) is 6.54 Å². The van der Waals surface area contributed by atoms with Crippen LogP contribution in [0, 0.1) is 0 Å². The van der Waals surface area contributed by atoms with E-state index in [1.165, 1.54) is 0 Å². The van der Waals surface area contributed by atoms with E-state index in [1.54, 1.807) is 18.3 Å². The van der Waals surface area contributed by atoms with Gasteiger partial charge in [0.2, 0.25) is 0 Å². The molecule has 0 saturated heterocycles. The molecule has 0 unspecified atom stereocenters. The molecule has 0 aliphatic rings. The first-order valence-corrected chi connectivity index (χ1v) is 7.13. The Morgan fingerprint density at radius 1 is 1.11 bits per heavy atom. The molecule has 0 saturated carbocycles. The maximum absolute atomic E-state index is 11.7. The van der Waals surface area contributed by atoms with Crippen LogP contribution in [0.3, 0.4) is 0 Å². The second kappa shape index (κ2) is 6.68. The third-order valence-electron chi connectivity index (χ3n) is 2.33. The molecule has 1 aromatic heterocycles. The van der Waals surface area contributed by atoms with E-state index >= 15 is 0 Å². The average Bonchev–Trinajstić information content (AvgIpc) is 2.38. The van der Waals surface area contributed by atoms with Crippen molar-refractivity contribution in [2.24, 2.45) is 0 Å². The summed E-state index contributed by atoms with van der Waals surface area (Å²) in [4.78, 5) is 15.7. The number of urea groups is 1. The van der Waals surface area contributed by atoms with Gasteiger partial charge in [-0.1, -0.05) is 44.0 Å². The number of hydrogen-bond acceptors (Lipinski definition) is 2. The van der Waals surface area contributed by atoms with Gasteiger partial charge in [-0.05, 0) is 29.8 Å². The Morgan fingerprint density at radius 3 is 2.53 bits per heavy atom. The lowest BCUT2D eigenvalue weighted by molar-refractivity contribution is 0.251. The lowest BCUT2D eigenvalue weighted by Gasteiger charge is -2.07.